The quantitative estimate of drug-likeness (QED) is 0.734. The van der Waals surface area contributed by atoms with Gasteiger partial charge in [-0.3, -0.25) is 4.79 Å². The van der Waals surface area contributed by atoms with Gasteiger partial charge in [0.05, 0.1) is 21.7 Å². The number of aldehydes is 1. The number of carbonyl (C=O) groups is 1. The summed E-state index contributed by atoms with van der Waals surface area (Å²) in [4.78, 5) is 10.9. The number of fused-ring (bicyclic) bond motifs is 1. The molecular formula is C10H7ClO2S. The van der Waals surface area contributed by atoms with Crippen LogP contribution < -0.4 is 4.74 Å². The lowest BCUT2D eigenvalue weighted by Gasteiger charge is -2.02. The van der Waals surface area contributed by atoms with Crippen LogP contribution in [0, 0.1) is 0 Å². The lowest BCUT2D eigenvalue weighted by molar-refractivity contribution is 0.112. The van der Waals surface area contributed by atoms with E-state index in [-0.39, 0.29) is 0 Å². The van der Waals surface area contributed by atoms with Crippen LogP contribution in [0.25, 0.3) is 10.1 Å². The molecule has 0 unspecified atom stereocenters. The van der Waals surface area contributed by atoms with Gasteiger partial charge in [-0.25, -0.2) is 0 Å². The Morgan fingerprint density at radius 3 is 2.93 bits per heavy atom. The summed E-state index contributed by atoms with van der Waals surface area (Å²) >= 11 is 7.26. The zero-order chi connectivity index (χ0) is 10.1. The van der Waals surface area contributed by atoms with Gasteiger partial charge in [-0.15, -0.1) is 11.3 Å². The Bertz CT molecular complexity index is 490. The largest absolute Gasteiger partial charge is 0.496 e. The second-order valence-corrected chi connectivity index (χ2v) is 4.45. The Kier molecular flexibility index (Phi) is 2.44. The number of hydrogen-bond donors (Lipinski definition) is 0. The van der Waals surface area contributed by atoms with Crippen molar-refractivity contribution in [3.05, 3.63) is 28.1 Å². The van der Waals surface area contributed by atoms with E-state index in [1.54, 1.807) is 13.2 Å². The van der Waals surface area contributed by atoms with E-state index in [9.17, 15) is 4.79 Å². The molecule has 1 aromatic heterocycles. The van der Waals surface area contributed by atoms with Crippen molar-refractivity contribution in [2.24, 2.45) is 0 Å². The molecule has 0 aliphatic rings. The number of benzene rings is 1. The van der Waals surface area contributed by atoms with Gasteiger partial charge in [-0.1, -0.05) is 11.6 Å². The van der Waals surface area contributed by atoms with E-state index >= 15 is 0 Å². The Morgan fingerprint density at radius 2 is 2.29 bits per heavy atom. The third-order valence-electron chi connectivity index (χ3n) is 1.99. The van der Waals surface area contributed by atoms with E-state index in [0.29, 0.717) is 15.6 Å². The predicted molar refractivity (Wildman–Crippen MR) is 58.8 cm³/mol. The van der Waals surface area contributed by atoms with Gasteiger partial charge in [0.25, 0.3) is 0 Å². The molecule has 0 fully saturated rings. The minimum atomic E-state index is 0.571. The third kappa shape index (κ3) is 1.38. The number of hydrogen-bond acceptors (Lipinski definition) is 3. The number of halogens is 1. The summed E-state index contributed by atoms with van der Waals surface area (Å²) in [5.74, 6) is 0.589. The van der Waals surface area contributed by atoms with Crippen LogP contribution in [0.1, 0.15) is 10.4 Å². The van der Waals surface area contributed by atoms with Crippen LogP contribution in [0.15, 0.2) is 18.2 Å². The molecule has 0 bridgehead atoms. The maximum Gasteiger partial charge on any atom is 0.155 e. The molecule has 14 heavy (non-hydrogen) atoms. The summed E-state index contributed by atoms with van der Waals surface area (Å²) in [6, 6.07) is 5.51. The maximum atomic E-state index is 10.9. The molecule has 0 aliphatic carbocycles. The summed E-state index contributed by atoms with van der Waals surface area (Å²) < 4.78 is 6.64. The molecule has 0 spiro atoms. The summed E-state index contributed by atoms with van der Waals surface area (Å²) in [5, 5.41) is 0.975. The predicted octanol–water partition coefficient (Wildman–Crippen LogP) is 3.38. The molecule has 4 heteroatoms. The molecule has 2 aromatic rings. The van der Waals surface area contributed by atoms with Crippen LogP contribution in [0.5, 0.6) is 5.75 Å². The molecule has 0 aliphatic heterocycles. The highest BCUT2D eigenvalue weighted by molar-refractivity contribution is 7.23. The molecule has 0 amide bonds. The number of methoxy groups -OCH3 is 1. The highest BCUT2D eigenvalue weighted by atomic mass is 35.5. The number of thiophene rings is 1. The van der Waals surface area contributed by atoms with Crippen molar-refractivity contribution in [3.63, 3.8) is 0 Å². The van der Waals surface area contributed by atoms with Crippen molar-refractivity contribution in [2.75, 3.05) is 7.11 Å². The van der Waals surface area contributed by atoms with Crippen LogP contribution in [0.2, 0.25) is 4.34 Å². The van der Waals surface area contributed by atoms with Gasteiger partial charge in [-0.05, 0) is 23.6 Å². The van der Waals surface area contributed by atoms with E-state index in [4.69, 9.17) is 16.3 Å². The number of carbonyl (C=O) groups excluding carboxylic acids is 1. The first kappa shape index (κ1) is 9.49. The molecule has 0 atom stereocenters. The fourth-order valence-electron chi connectivity index (χ4n) is 1.36. The highest BCUT2D eigenvalue weighted by Crippen LogP contribution is 2.35. The van der Waals surface area contributed by atoms with E-state index in [1.165, 1.54) is 11.3 Å². The smallest absolute Gasteiger partial charge is 0.155 e. The summed E-state index contributed by atoms with van der Waals surface area (Å²) in [5.41, 5.74) is 0.571. The van der Waals surface area contributed by atoms with Crippen LogP contribution in [0.4, 0.5) is 0 Å². The Labute approximate surface area is 90.1 Å². The zero-order valence-electron chi connectivity index (χ0n) is 7.41. The van der Waals surface area contributed by atoms with E-state index < -0.39 is 0 Å². The lowest BCUT2D eigenvalue weighted by atomic mass is 10.1. The SMILES string of the molecule is COc1ccc2cc(Cl)sc2c1C=O. The summed E-state index contributed by atoms with van der Waals surface area (Å²) in [6.07, 6.45) is 0.800. The molecule has 0 saturated heterocycles. The molecule has 0 N–H and O–H groups in total. The minimum absolute atomic E-state index is 0.571. The van der Waals surface area contributed by atoms with Crippen molar-refractivity contribution in [2.45, 2.75) is 0 Å². The molecule has 0 saturated carbocycles. The van der Waals surface area contributed by atoms with Crippen molar-refractivity contribution in [1.82, 2.24) is 0 Å². The summed E-state index contributed by atoms with van der Waals surface area (Å²) in [7, 11) is 1.55. The first-order valence-electron chi connectivity index (χ1n) is 3.97. The van der Waals surface area contributed by atoms with Crippen molar-refractivity contribution in [3.8, 4) is 5.75 Å². The van der Waals surface area contributed by atoms with Crippen LogP contribution in [-0.2, 0) is 0 Å². The Morgan fingerprint density at radius 1 is 1.50 bits per heavy atom. The Balaban J connectivity index is 2.82. The second-order valence-electron chi connectivity index (χ2n) is 2.77. The van der Waals surface area contributed by atoms with E-state index in [1.807, 2.05) is 12.1 Å². The van der Waals surface area contributed by atoms with Gasteiger partial charge in [0.1, 0.15) is 5.75 Å². The fraction of sp³-hybridized carbons (Fsp3) is 0.100. The fourth-order valence-corrected chi connectivity index (χ4v) is 2.60. The van der Waals surface area contributed by atoms with Gasteiger partial charge in [0.15, 0.2) is 6.29 Å². The van der Waals surface area contributed by atoms with Gasteiger partial charge >= 0.3 is 0 Å². The normalized spacial score (nSPS) is 10.4. The molecule has 1 heterocycles. The third-order valence-corrected chi connectivity index (χ3v) is 3.31. The molecule has 2 rings (SSSR count). The zero-order valence-corrected chi connectivity index (χ0v) is 8.98. The van der Waals surface area contributed by atoms with Crippen molar-refractivity contribution in [1.29, 1.82) is 0 Å². The average Bonchev–Trinajstić information content (AvgIpc) is 2.56. The van der Waals surface area contributed by atoms with Gasteiger partial charge < -0.3 is 4.74 Å². The second kappa shape index (κ2) is 3.59. The van der Waals surface area contributed by atoms with E-state index in [2.05, 4.69) is 0 Å². The molecule has 2 nitrogen and oxygen atoms in total. The Hall–Kier alpha value is -1.06. The average molecular weight is 227 g/mol. The number of rotatable bonds is 2. The lowest BCUT2D eigenvalue weighted by Crippen LogP contribution is -1.89. The van der Waals surface area contributed by atoms with Crippen molar-refractivity contribution >= 4 is 39.3 Å². The molecule has 0 radical (unpaired) electrons. The van der Waals surface area contributed by atoms with Crippen LogP contribution in [-0.4, -0.2) is 13.4 Å². The summed E-state index contributed by atoms with van der Waals surface area (Å²) in [6.45, 7) is 0. The molecule has 72 valence electrons. The topological polar surface area (TPSA) is 26.3 Å². The number of ether oxygens (including phenoxy) is 1. The van der Waals surface area contributed by atoms with Crippen molar-refractivity contribution < 1.29 is 9.53 Å². The minimum Gasteiger partial charge on any atom is -0.496 e. The first-order chi connectivity index (χ1) is 6.76. The monoisotopic (exact) mass is 226 g/mol. The van der Waals surface area contributed by atoms with E-state index in [0.717, 1.165) is 16.4 Å². The first-order valence-corrected chi connectivity index (χ1v) is 5.17. The van der Waals surface area contributed by atoms with Gasteiger partial charge in [-0.2, -0.15) is 0 Å². The molecule has 1 aromatic carbocycles. The van der Waals surface area contributed by atoms with Gasteiger partial charge in [0, 0.05) is 0 Å². The standard InChI is InChI=1S/C10H7ClO2S/c1-13-8-3-2-6-4-9(11)14-10(6)7(8)5-12/h2-5H,1H3. The highest BCUT2D eigenvalue weighted by Gasteiger charge is 2.09. The van der Waals surface area contributed by atoms with Gasteiger partial charge in [0.2, 0.25) is 0 Å². The van der Waals surface area contributed by atoms with Crippen LogP contribution in [0.3, 0.4) is 0 Å². The maximum absolute atomic E-state index is 10.9. The van der Waals surface area contributed by atoms with Crippen LogP contribution >= 0.6 is 22.9 Å². The molecular weight excluding hydrogens is 220 g/mol.